The van der Waals surface area contributed by atoms with Crippen molar-refractivity contribution >= 4 is 5.91 Å². The lowest BCUT2D eigenvalue weighted by Gasteiger charge is -2.34. The fraction of sp³-hybridized carbons (Fsp3) is 0.526. The number of aromatic nitrogens is 3. The predicted octanol–water partition coefficient (Wildman–Crippen LogP) is 1.91. The summed E-state index contributed by atoms with van der Waals surface area (Å²) in [6.45, 7) is 1.98. The van der Waals surface area contributed by atoms with Gasteiger partial charge in [-0.25, -0.2) is 0 Å². The van der Waals surface area contributed by atoms with E-state index in [0.29, 0.717) is 25.5 Å². The molecular weight excluding hydrogens is 316 g/mol. The fourth-order valence-electron chi connectivity index (χ4n) is 3.44. The van der Waals surface area contributed by atoms with E-state index in [-0.39, 0.29) is 11.9 Å². The van der Waals surface area contributed by atoms with Crippen LogP contribution < -0.4 is 0 Å². The van der Waals surface area contributed by atoms with E-state index in [1.54, 1.807) is 0 Å². The number of nitrogens with zero attached hydrogens (tertiary/aromatic N) is 4. The molecule has 0 N–H and O–H groups in total. The minimum Gasteiger partial charge on any atom is -0.379 e. The molecule has 0 radical (unpaired) electrons. The van der Waals surface area contributed by atoms with Crippen LogP contribution in [0.25, 0.3) is 0 Å². The van der Waals surface area contributed by atoms with Crippen LogP contribution in [-0.2, 0) is 29.4 Å². The van der Waals surface area contributed by atoms with Crippen LogP contribution in [-0.4, -0.2) is 45.6 Å². The van der Waals surface area contributed by atoms with Crippen molar-refractivity contribution in [1.29, 1.82) is 0 Å². The molecule has 0 spiro atoms. The second kappa shape index (κ2) is 6.96. The van der Waals surface area contributed by atoms with Crippen molar-refractivity contribution in [3.8, 4) is 0 Å². The minimum atomic E-state index is -0.132. The maximum atomic E-state index is 12.9. The van der Waals surface area contributed by atoms with Gasteiger partial charge in [0.25, 0.3) is 0 Å². The quantitative estimate of drug-likeness (QED) is 0.806. The molecule has 0 saturated heterocycles. The highest BCUT2D eigenvalue weighted by atomic mass is 16.5. The van der Waals surface area contributed by atoms with Gasteiger partial charge in [-0.1, -0.05) is 35.5 Å². The Balaban J connectivity index is 1.50. The first-order valence-electron chi connectivity index (χ1n) is 9.02. The van der Waals surface area contributed by atoms with Gasteiger partial charge < -0.3 is 9.64 Å². The number of fused-ring (bicyclic) bond motifs is 1. The molecule has 2 aliphatic rings. The van der Waals surface area contributed by atoms with E-state index in [9.17, 15) is 4.79 Å². The van der Waals surface area contributed by atoms with E-state index < -0.39 is 0 Å². The average molecular weight is 340 g/mol. The number of hydrogen-bond donors (Lipinski definition) is 0. The number of ether oxygens (including phenoxy) is 1. The predicted molar refractivity (Wildman–Crippen MR) is 92.9 cm³/mol. The zero-order valence-corrected chi connectivity index (χ0v) is 14.6. The monoisotopic (exact) mass is 340 g/mol. The van der Waals surface area contributed by atoms with Crippen molar-refractivity contribution < 1.29 is 9.53 Å². The topological polar surface area (TPSA) is 60.2 Å². The van der Waals surface area contributed by atoms with Gasteiger partial charge in [0.1, 0.15) is 11.7 Å². The van der Waals surface area contributed by atoms with E-state index in [1.165, 1.54) is 12.8 Å². The largest absolute Gasteiger partial charge is 0.379 e. The summed E-state index contributed by atoms with van der Waals surface area (Å²) in [7, 11) is 1.91. The Kier molecular flexibility index (Phi) is 4.53. The molecular formula is C19H24N4O2. The van der Waals surface area contributed by atoms with Gasteiger partial charge in [0, 0.05) is 26.6 Å². The highest BCUT2D eigenvalue weighted by Crippen LogP contribution is 2.31. The summed E-state index contributed by atoms with van der Waals surface area (Å²) >= 11 is 0. The van der Waals surface area contributed by atoms with E-state index in [4.69, 9.17) is 4.74 Å². The molecule has 1 amide bonds. The Morgan fingerprint density at radius 3 is 2.80 bits per heavy atom. The standard InChI is InChI=1S/C19H24N4O2/c1-22-16-9-10-23(18(24)11-14-5-3-2-4-6-14)17(19(16)20-21-22)13-25-12-15-7-8-15/h2-6,15,17H,7-13H2,1H3/t17-/m1/s1. The second-order valence-electron chi connectivity index (χ2n) is 7.04. The first-order chi connectivity index (χ1) is 12.2. The summed E-state index contributed by atoms with van der Waals surface area (Å²) in [6.07, 6.45) is 3.73. The average Bonchev–Trinajstić information content (AvgIpc) is 3.37. The van der Waals surface area contributed by atoms with Crippen LogP contribution in [0.1, 0.15) is 35.8 Å². The Bertz CT molecular complexity index is 739. The lowest BCUT2D eigenvalue weighted by atomic mass is 10.0. The van der Waals surface area contributed by atoms with E-state index in [2.05, 4.69) is 10.3 Å². The third-order valence-electron chi connectivity index (χ3n) is 5.10. The molecule has 2 aromatic rings. The molecule has 1 aromatic carbocycles. The highest BCUT2D eigenvalue weighted by molar-refractivity contribution is 5.79. The van der Waals surface area contributed by atoms with Crippen molar-refractivity contribution in [2.45, 2.75) is 31.7 Å². The maximum Gasteiger partial charge on any atom is 0.227 e. The Morgan fingerprint density at radius 1 is 1.24 bits per heavy atom. The van der Waals surface area contributed by atoms with Crippen LogP contribution >= 0.6 is 0 Å². The smallest absolute Gasteiger partial charge is 0.227 e. The van der Waals surface area contributed by atoms with Gasteiger partial charge in [-0.15, -0.1) is 5.10 Å². The molecule has 1 aromatic heterocycles. The third-order valence-corrected chi connectivity index (χ3v) is 5.10. The molecule has 2 heterocycles. The SMILES string of the molecule is Cn1nnc2c1CCN(C(=O)Cc1ccccc1)[C@@H]2COCC1CC1. The Labute approximate surface area is 147 Å². The molecule has 1 fully saturated rings. The number of rotatable bonds is 6. The van der Waals surface area contributed by atoms with Crippen molar-refractivity contribution in [3.63, 3.8) is 0 Å². The number of carbonyl (C=O) groups is 1. The van der Waals surface area contributed by atoms with Crippen molar-refractivity contribution in [3.05, 3.63) is 47.3 Å². The van der Waals surface area contributed by atoms with Gasteiger partial charge in [0.05, 0.1) is 18.7 Å². The van der Waals surface area contributed by atoms with Gasteiger partial charge in [0.2, 0.25) is 5.91 Å². The first kappa shape index (κ1) is 16.3. The number of carbonyl (C=O) groups excluding carboxylic acids is 1. The zero-order valence-electron chi connectivity index (χ0n) is 14.6. The Hall–Kier alpha value is -2.21. The molecule has 1 aliphatic heterocycles. The van der Waals surface area contributed by atoms with Crippen molar-refractivity contribution in [2.24, 2.45) is 13.0 Å². The molecule has 0 bridgehead atoms. The molecule has 6 nitrogen and oxygen atoms in total. The molecule has 132 valence electrons. The van der Waals surface area contributed by atoms with Crippen LogP contribution in [0, 0.1) is 5.92 Å². The van der Waals surface area contributed by atoms with Crippen LogP contribution in [0.2, 0.25) is 0 Å². The lowest BCUT2D eigenvalue weighted by molar-refractivity contribution is -0.135. The summed E-state index contributed by atoms with van der Waals surface area (Å²) < 4.78 is 7.74. The minimum absolute atomic E-state index is 0.127. The molecule has 1 saturated carbocycles. The highest BCUT2D eigenvalue weighted by Gasteiger charge is 2.35. The molecule has 6 heteroatoms. The first-order valence-corrected chi connectivity index (χ1v) is 9.02. The van der Waals surface area contributed by atoms with Gasteiger partial charge in [-0.3, -0.25) is 9.48 Å². The summed E-state index contributed by atoms with van der Waals surface area (Å²) in [5.41, 5.74) is 3.05. The summed E-state index contributed by atoms with van der Waals surface area (Å²) in [5, 5.41) is 8.48. The van der Waals surface area contributed by atoms with E-state index in [0.717, 1.165) is 30.0 Å². The normalized spacial score (nSPS) is 19.7. The summed E-state index contributed by atoms with van der Waals surface area (Å²) in [5.74, 6) is 0.834. The van der Waals surface area contributed by atoms with Gasteiger partial charge in [-0.05, 0) is 24.3 Å². The number of benzene rings is 1. The van der Waals surface area contributed by atoms with Crippen LogP contribution in [0.5, 0.6) is 0 Å². The Morgan fingerprint density at radius 2 is 2.04 bits per heavy atom. The van der Waals surface area contributed by atoms with E-state index >= 15 is 0 Å². The van der Waals surface area contributed by atoms with E-state index in [1.807, 2.05) is 47.0 Å². The molecule has 1 aliphatic carbocycles. The number of hydrogen-bond acceptors (Lipinski definition) is 4. The van der Waals surface area contributed by atoms with Gasteiger partial charge in [-0.2, -0.15) is 0 Å². The van der Waals surface area contributed by atoms with Crippen LogP contribution in [0.3, 0.4) is 0 Å². The van der Waals surface area contributed by atoms with Gasteiger partial charge >= 0.3 is 0 Å². The summed E-state index contributed by atoms with van der Waals surface area (Å²) in [6, 6.07) is 9.76. The third kappa shape index (κ3) is 3.58. The number of aryl methyl sites for hydroxylation is 1. The van der Waals surface area contributed by atoms with Crippen LogP contribution in [0.15, 0.2) is 30.3 Å². The fourth-order valence-corrected chi connectivity index (χ4v) is 3.44. The van der Waals surface area contributed by atoms with Gasteiger partial charge in [0.15, 0.2) is 0 Å². The molecule has 1 atom stereocenters. The molecule has 25 heavy (non-hydrogen) atoms. The van der Waals surface area contributed by atoms with Crippen LogP contribution in [0.4, 0.5) is 0 Å². The maximum absolute atomic E-state index is 12.9. The molecule has 0 unspecified atom stereocenters. The number of amides is 1. The van der Waals surface area contributed by atoms with Crippen molar-refractivity contribution in [2.75, 3.05) is 19.8 Å². The van der Waals surface area contributed by atoms with Crippen molar-refractivity contribution in [1.82, 2.24) is 19.9 Å². The second-order valence-corrected chi connectivity index (χ2v) is 7.04. The summed E-state index contributed by atoms with van der Waals surface area (Å²) in [4.78, 5) is 14.8. The lowest BCUT2D eigenvalue weighted by Crippen LogP contribution is -2.43. The zero-order chi connectivity index (χ0) is 17.2. The molecule has 4 rings (SSSR count).